The minimum absolute atomic E-state index is 0.139. The van der Waals surface area contributed by atoms with E-state index < -0.39 is 11.5 Å². The molecule has 0 saturated heterocycles. The summed E-state index contributed by atoms with van der Waals surface area (Å²) < 4.78 is 0. The van der Waals surface area contributed by atoms with Crippen molar-refractivity contribution < 1.29 is 19.8 Å². The number of carbonyl (C=O) groups excluding carboxylic acids is 1. The Morgan fingerprint density at radius 2 is 1.95 bits per heavy atom. The summed E-state index contributed by atoms with van der Waals surface area (Å²) >= 11 is 0. The molecule has 1 rings (SSSR count). The van der Waals surface area contributed by atoms with Gasteiger partial charge >= 0.3 is 5.97 Å². The first kappa shape index (κ1) is 15.0. The molecule has 1 amide bonds. The van der Waals surface area contributed by atoms with Crippen LogP contribution in [0.5, 0.6) is 5.75 Å². The minimum Gasteiger partial charge on any atom is -0.508 e. The molecule has 1 atom stereocenters. The zero-order valence-corrected chi connectivity index (χ0v) is 11.1. The molecule has 0 fully saturated rings. The van der Waals surface area contributed by atoms with Gasteiger partial charge in [0.15, 0.2) is 0 Å². The normalized spacial score (nSPS) is 13.6. The van der Waals surface area contributed by atoms with Gasteiger partial charge in [0.1, 0.15) is 11.3 Å². The second-order valence-corrected chi connectivity index (χ2v) is 4.67. The molecule has 0 aromatic heterocycles. The van der Waals surface area contributed by atoms with Gasteiger partial charge in [0.05, 0.1) is 0 Å². The lowest BCUT2D eigenvalue weighted by molar-refractivity contribution is -0.147. The summed E-state index contributed by atoms with van der Waals surface area (Å²) in [5.41, 5.74) is -0.568. The fourth-order valence-electron chi connectivity index (χ4n) is 1.63. The molecule has 0 saturated carbocycles. The van der Waals surface area contributed by atoms with Gasteiger partial charge in [-0.25, -0.2) is 4.79 Å². The first-order valence-corrected chi connectivity index (χ1v) is 6.20. The number of carboxylic acid groups (broad SMARTS) is 1. The number of hydrogen-bond acceptors (Lipinski definition) is 3. The number of carbonyl (C=O) groups is 2. The van der Waals surface area contributed by atoms with Gasteiger partial charge in [0.2, 0.25) is 5.91 Å². The molecule has 1 unspecified atom stereocenters. The van der Waals surface area contributed by atoms with E-state index in [0.717, 1.165) is 0 Å². The SMILES string of the molecule is CCC(C)(NC(=O)CCc1ccccc1O)C(=O)O. The van der Waals surface area contributed by atoms with Crippen molar-refractivity contribution in [2.45, 2.75) is 38.6 Å². The summed E-state index contributed by atoms with van der Waals surface area (Å²) in [6.07, 6.45) is 0.822. The number of benzene rings is 1. The smallest absolute Gasteiger partial charge is 0.329 e. The Hall–Kier alpha value is -2.04. The maximum Gasteiger partial charge on any atom is 0.329 e. The van der Waals surface area contributed by atoms with Crippen LogP contribution in [0.25, 0.3) is 0 Å². The van der Waals surface area contributed by atoms with Crippen LogP contribution in [0.2, 0.25) is 0 Å². The van der Waals surface area contributed by atoms with Crippen LogP contribution in [0.1, 0.15) is 32.3 Å². The average molecular weight is 265 g/mol. The fraction of sp³-hybridized carbons (Fsp3) is 0.429. The first-order valence-electron chi connectivity index (χ1n) is 6.20. The number of aromatic hydroxyl groups is 1. The van der Waals surface area contributed by atoms with Gasteiger partial charge in [-0.1, -0.05) is 25.1 Å². The van der Waals surface area contributed by atoms with Gasteiger partial charge in [0, 0.05) is 6.42 Å². The van der Waals surface area contributed by atoms with Crippen molar-refractivity contribution in [3.8, 4) is 5.75 Å². The Kier molecular flexibility index (Phi) is 4.92. The van der Waals surface area contributed by atoms with Crippen molar-refractivity contribution in [1.29, 1.82) is 0 Å². The zero-order valence-electron chi connectivity index (χ0n) is 11.1. The van der Waals surface area contributed by atoms with Crippen molar-refractivity contribution in [3.05, 3.63) is 29.8 Å². The number of phenols is 1. The predicted octanol–water partition coefficient (Wildman–Crippen LogP) is 1.69. The number of phenolic OH excluding ortho intramolecular Hbond substituents is 1. The summed E-state index contributed by atoms with van der Waals surface area (Å²) in [6, 6.07) is 6.78. The zero-order chi connectivity index (χ0) is 14.5. The molecule has 0 aliphatic rings. The highest BCUT2D eigenvalue weighted by Gasteiger charge is 2.32. The molecule has 0 bridgehead atoms. The molecule has 104 valence electrons. The molecule has 3 N–H and O–H groups in total. The number of amides is 1. The third-order valence-electron chi connectivity index (χ3n) is 3.21. The van der Waals surface area contributed by atoms with Crippen LogP contribution in [0.3, 0.4) is 0 Å². The predicted molar refractivity (Wildman–Crippen MR) is 70.9 cm³/mol. The van der Waals surface area contributed by atoms with Crippen LogP contribution in [-0.4, -0.2) is 27.6 Å². The summed E-state index contributed by atoms with van der Waals surface area (Å²) in [4.78, 5) is 22.8. The van der Waals surface area contributed by atoms with Crippen molar-refractivity contribution >= 4 is 11.9 Å². The fourth-order valence-corrected chi connectivity index (χ4v) is 1.63. The van der Waals surface area contributed by atoms with Crippen molar-refractivity contribution in [2.75, 3.05) is 0 Å². The third kappa shape index (κ3) is 3.98. The maximum atomic E-state index is 11.8. The van der Waals surface area contributed by atoms with Gasteiger partial charge in [-0.05, 0) is 31.4 Å². The molecule has 5 heteroatoms. The Balaban J connectivity index is 2.57. The summed E-state index contributed by atoms with van der Waals surface area (Å²) in [7, 11) is 0. The lowest BCUT2D eigenvalue weighted by atomic mass is 9.98. The Morgan fingerprint density at radius 1 is 1.32 bits per heavy atom. The van der Waals surface area contributed by atoms with E-state index in [4.69, 9.17) is 5.11 Å². The lowest BCUT2D eigenvalue weighted by Gasteiger charge is -2.24. The minimum atomic E-state index is -1.24. The number of hydrogen-bond donors (Lipinski definition) is 3. The molecule has 19 heavy (non-hydrogen) atoms. The largest absolute Gasteiger partial charge is 0.508 e. The average Bonchev–Trinajstić information content (AvgIpc) is 2.37. The van der Waals surface area contributed by atoms with Gasteiger partial charge < -0.3 is 15.5 Å². The van der Waals surface area contributed by atoms with E-state index in [1.54, 1.807) is 31.2 Å². The number of aliphatic carboxylic acids is 1. The van der Waals surface area contributed by atoms with E-state index in [0.29, 0.717) is 18.4 Å². The van der Waals surface area contributed by atoms with E-state index in [2.05, 4.69) is 5.32 Å². The standard InChI is InChI=1S/C14H19NO4/c1-3-14(2,13(18)19)15-12(17)9-8-10-6-4-5-7-11(10)16/h4-7,16H,3,8-9H2,1-2H3,(H,15,17)(H,18,19). The van der Waals surface area contributed by atoms with E-state index in [-0.39, 0.29) is 18.1 Å². The highest BCUT2D eigenvalue weighted by atomic mass is 16.4. The van der Waals surface area contributed by atoms with E-state index in [9.17, 15) is 14.7 Å². The molecule has 0 spiro atoms. The number of aryl methyl sites for hydroxylation is 1. The van der Waals surface area contributed by atoms with Crippen molar-refractivity contribution in [2.24, 2.45) is 0 Å². The molecule has 0 heterocycles. The van der Waals surface area contributed by atoms with Crippen LogP contribution in [-0.2, 0) is 16.0 Å². The summed E-state index contributed by atoms with van der Waals surface area (Å²) in [5.74, 6) is -1.24. The first-order chi connectivity index (χ1) is 8.89. The molecule has 0 radical (unpaired) electrons. The highest BCUT2D eigenvalue weighted by molar-refractivity contribution is 5.86. The monoisotopic (exact) mass is 265 g/mol. The Labute approximate surface area is 112 Å². The van der Waals surface area contributed by atoms with E-state index >= 15 is 0 Å². The molecule has 1 aromatic carbocycles. The molecule has 5 nitrogen and oxygen atoms in total. The van der Waals surface area contributed by atoms with Gasteiger partial charge in [-0.15, -0.1) is 0 Å². The van der Waals surface area contributed by atoms with Gasteiger partial charge in [-0.3, -0.25) is 4.79 Å². The number of nitrogens with one attached hydrogen (secondary N) is 1. The highest BCUT2D eigenvalue weighted by Crippen LogP contribution is 2.17. The van der Waals surface area contributed by atoms with Gasteiger partial charge in [0.25, 0.3) is 0 Å². The summed E-state index contributed by atoms with van der Waals surface area (Å²) in [5, 5.41) is 21.1. The number of rotatable bonds is 6. The van der Waals surface area contributed by atoms with Crippen molar-refractivity contribution in [1.82, 2.24) is 5.32 Å². The maximum absolute atomic E-state index is 11.8. The van der Waals surface area contributed by atoms with Gasteiger partial charge in [-0.2, -0.15) is 0 Å². The Morgan fingerprint density at radius 3 is 2.47 bits per heavy atom. The van der Waals surface area contributed by atoms with Crippen LogP contribution in [0.4, 0.5) is 0 Å². The van der Waals surface area contributed by atoms with Crippen LogP contribution < -0.4 is 5.32 Å². The third-order valence-corrected chi connectivity index (χ3v) is 3.21. The van der Waals surface area contributed by atoms with E-state index in [1.165, 1.54) is 6.92 Å². The van der Waals surface area contributed by atoms with Crippen LogP contribution in [0, 0.1) is 0 Å². The van der Waals surface area contributed by atoms with Crippen LogP contribution in [0.15, 0.2) is 24.3 Å². The number of carboxylic acids is 1. The lowest BCUT2D eigenvalue weighted by Crippen LogP contribution is -2.51. The summed E-state index contributed by atoms with van der Waals surface area (Å²) in [6.45, 7) is 3.19. The molecule has 0 aliphatic carbocycles. The molecule has 0 aliphatic heterocycles. The van der Waals surface area contributed by atoms with E-state index in [1.807, 2.05) is 0 Å². The number of para-hydroxylation sites is 1. The molecular weight excluding hydrogens is 246 g/mol. The molecular formula is C14H19NO4. The topological polar surface area (TPSA) is 86.6 Å². The van der Waals surface area contributed by atoms with Crippen molar-refractivity contribution in [3.63, 3.8) is 0 Å². The second-order valence-electron chi connectivity index (χ2n) is 4.67. The second kappa shape index (κ2) is 6.22. The Bertz CT molecular complexity index is 472. The quantitative estimate of drug-likeness (QED) is 0.730. The molecule has 1 aromatic rings. The van der Waals surface area contributed by atoms with Crippen LogP contribution >= 0.6 is 0 Å².